The minimum Gasteiger partial charge on any atom is -0.489 e. The van der Waals surface area contributed by atoms with E-state index in [9.17, 15) is 0 Å². The number of benzene rings is 1. The highest BCUT2D eigenvalue weighted by Gasteiger charge is 2.02. The molecule has 0 bridgehead atoms. The predicted molar refractivity (Wildman–Crippen MR) is 75.6 cm³/mol. The van der Waals surface area contributed by atoms with Crippen LogP contribution in [0.25, 0.3) is 0 Å². The SMILES string of the molecule is NCCc1cc(OCc2ccsc2)ccc1Br. The number of rotatable bonds is 5. The molecule has 1 heterocycles. The van der Waals surface area contributed by atoms with Gasteiger partial charge in [0.05, 0.1) is 0 Å². The second-order valence-corrected chi connectivity index (χ2v) is 5.35. The molecule has 0 fully saturated rings. The zero-order valence-corrected chi connectivity index (χ0v) is 11.8. The van der Waals surface area contributed by atoms with Crippen molar-refractivity contribution >= 4 is 27.3 Å². The maximum absolute atomic E-state index is 5.74. The van der Waals surface area contributed by atoms with E-state index >= 15 is 0 Å². The number of hydrogen-bond acceptors (Lipinski definition) is 3. The number of halogens is 1. The van der Waals surface area contributed by atoms with E-state index in [0.717, 1.165) is 16.6 Å². The van der Waals surface area contributed by atoms with Crippen LogP contribution in [0.4, 0.5) is 0 Å². The van der Waals surface area contributed by atoms with E-state index in [0.29, 0.717) is 13.2 Å². The molecule has 2 rings (SSSR count). The van der Waals surface area contributed by atoms with Crippen molar-refractivity contribution in [1.82, 2.24) is 0 Å². The third-order valence-electron chi connectivity index (χ3n) is 2.42. The van der Waals surface area contributed by atoms with Crippen LogP contribution >= 0.6 is 27.3 Å². The van der Waals surface area contributed by atoms with Gasteiger partial charge in [-0.1, -0.05) is 15.9 Å². The van der Waals surface area contributed by atoms with Gasteiger partial charge < -0.3 is 10.5 Å². The molecule has 1 aromatic heterocycles. The molecular weight excluding hydrogens is 298 g/mol. The predicted octanol–water partition coefficient (Wildman–Crippen LogP) is 3.59. The molecule has 4 heteroatoms. The van der Waals surface area contributed by atoms with Gasteiger partial charge in [-0.25, -0.2) is 0 Å². The minimum absolute atomic E-state index is 0.618. The summed E-state index contributed by atoms with van der Waals surface area (Å²) in [6.07, 6.45) is 0.857. The zero-order chi connectivity index (χ0) is 12.1. The van der Waals surface area contributed by atoms with Crippen molar-refractivity contribution in [3.8, 4) is 5.75 Å². The second-order valence-electron chi connectivity index (χ2n) is 3.71. The van der Waals surface area contributed by atoms with E-state index in [2.05, 4.69) is 32.8 Å². The summed E-state index contributed by atoms with van der Waals surface area (Å²) in [4.78, 5) is 0. The molecule has 0 unspecified atom stereocenters. The molecule has 0 amide bonds. The molecule has 0 saturated heterocycles. The number of hydrogen-bond donors (Lipinski definition) is 1. The van der Waals surface area contributed by atoms with Crippen molar-refractivity contribution in [1.29, 1.82) is 0 Å². The molecule has 0 saturated carbocycles. The molecule has 17 heavy (non-hydrogen) atoms. The standard InChI is InChI=1S/C13H14BrNOS/c14-13-2-1-12(7-11(13)3-5-15)16-8-10-4-6-17-9-10/h1-2,4,6-7,9H,3,5,8,15H2. The molecule has 0 radical (unpaired) electrons. The van der Waals surface area contributed by atoms with Gasteiger partial charge in [0, 0.05) is 4.47 Å². The highest BCUT2D eigenvalue weighted by atomic mass is 79.9. The summed E-state index contributed by atoms with van der Waals surface area (Å²) in [6, 6.07) is 8.10. The van der Waals surface area contributed by atoms with Crippen LogP contribution in [0, 0.1) is 0 Å². The van der Waals surface area contributed by atoms with E-state index < -0.39 is 0 Å². The van der Waals surface area contributed by atoms with Crippen LogP contribution in [-0.2, 0) is 13.0 Å². The average Bonchev–Trinajstić information content (AvgIpc) is 2.83. The Labute approximate surface area is 114 Å². The fraction of sp³-hybridized carbons (Fsp3) is 0.231. The highest BCUT2D eigenvalue weighted by molar-refractivity contribution is 9.10. The van der Waals surface area contributed by atoms with Crippen LogP contribution in [0.3, 0.4) is 0 Å². The molecule has 0 aliphatic rings. The highest BCUT2D eigenvalue weighted by Crippen LogP contribution is 2.23. The Morgan fingerprint density at radius 3 is 2.88 bits per heavy atom. The van der Waals surface area contributed by atoms with Gasteiger partial charge in [0.25, 0.3) is 0 Å². The Bertz CT molecular complexity index is 470. The summed E-state index contributed by atoms with van der Waals surface area (Å²) < 4.78 is 6.83. The fourth-order valence-corrected chi connectivity index (χ4v) is 2.63. The fourth-order valence-electron chi connectivity index (χ4n) is 1.53. The molecular formula is C13H14BrNOS. The van der Waals surface area contributed by atoms with Gasteiger partial charge in [0.1, 0.15) is 12.4 Å². The van der Waals surface area contributed by atoms with Gasteiger partial charge in [-0.3, -0.25) is 0 Å². The Kier molecular flexibility index (Phi) is 4.59. The molecule has 90 valence electrons. The van der Waals surface area contributed by atoms with Gasteiger partial charge in [0.2, 0.25) is 0 Å². The number of thiophene rings is 1. The molecule has 0 aliphatic carbocycles. The van der Waals surface area contributed by atoms with Crippen molar-refractivity contribution in [3.05, 3.63) is 50.6 Å². The van der Waals surface area contributed by atoms with Gasteiger partial charge in [0.15, 0.2) is 0 Å². The first-order valence-corrected chi connectivity index (χ1v) is 7.15. The summed E-state index contributed by atoms with van der Waals surface area (Å²) in [5.74, 6) is 0.892. The summed E-state index contributed by atoms with van der Waals surface area (Å²) >= 11 is 5.20. The second kappa shape index (κ2) is 6.19. The normalized spacial score (nSPS) is 10.5. The van der Waals surface area contributed by atoms with E-state index in [4.69, 9.17) is 10.5 Å². The number of ether oxygens (including phenoxy) is 1. The molecule has 2 aromatic rings. The Morgan fingerprint density at radius 2 is 2.18 bits per heavy atom. The Morgan fingerprint density at radius 1 is 1.29 bits per heavy atom. The third-order valence-corrected chi connectivity index (χ3v) is 3.92. The van der Waals surface area contributed by atoms with Crippen LogP contribution in [0.5, 0.6) is 5.75 Å². The molecule has 0 aliphatic heterocycles. The first-order valence-electron chi connectivity index (χ1n) is 5.42. The van der Waals surface area contributed by atoms with Crippen LogP contribution in [-0.4, -0.2) is 6.54 Å². The van der Waals surface area contributed by atoms with Crippen molar-refractivity contribution in [2.45, 2.75) is 13.0 Å². The Hall–Kier alpha value is -0.840. The van der Waals surface area contributed by atoms with Crippen molar-refractivity contribution in [2.24, 2.45) is 5.73 Å². The Balaban J connectivity index is 2.03. The summed E-state index contributed by atoms with van der Waals surface area (Å²) in [5, 5.41) is 4.15. The molecule has 1 aromatic carbocycles. The van der Waals surface area contributed by atoms with Gasteiger partial charge in [-0.2, -0.15) is 11.3 Å². The lowest BCUT2D eigenvalue weighted by molar-refractivity contribution is 0.306. The van der Waals surface area contributed by atoms with Crippen molar-refractivity contribution < 1.29 is 4.74 Å². The van der Waals surface area contributed by atoms with Crippen molar-refractivity contribution in [3.63, 3.8) is 0 Å². The van der Waals surface area contributed by atoms with Gasteiger partial charge in [-0.15, -0.1) is 0 Å². The monoisotopic (exact) mass is 311 g/mol. The van der Waals surface area contributed by atoms with Crippen LogP contribution < -0.4 is 10.5 Å². The zero-order valence-electron chi connectivity index (χ0n) is 9.36. The van der Waals surface area contributed by atoms with Crippen LogP contribution in [0.1, 0.15) is 11.1 Å². The lowest BCUT2D eigenvalue weighted by atomic mass is 10.1. The largest absolute Gasteiger partial charge is 0.489 e. The maximum atomic E-state index is 5.74. The van der Waals surface area contributed by atoms with E-state index in [1.165, 1.54) is 11.1 Å². The van der Waals surface area contributed by atoms with E-state index in [-0.39, 0.29) is 0 Å². The summed E-state index contributed by atoms with van der Waals surface area (Å²) in [6.45, 7) is 1.26. The van der Waals surface area contributed by atoms with Crippen LogP contribution in [0.15, 0.2) is 39.5 Å². The lowest BCUT2D eigenvalue weighted by Crippen LogP contribution is -2.03. The van der Waals surface area contributed by atoms with Gasteiger partial charge >= 0.3 is 0 Å². The third kappa shape index (κ3) is 3.56. The van der Waals surface area contributed by atoms with E-state index in [1.54, 1.807) is 11.3 Å². The first-order chi connectivity index (χ1) is 8.29. The van der Waals surface area contributed by atoms with Gasteiger partial charge in [-0.05, 0) is 59.1 Å². The topological polar surface area (TPSA) is 35.2 Å². The smallest absolute Gasteiger partial charge is 0.120 e. The molecule has 0 atom stereocenters. The van der Waals surface area contributed by atoms with Crippen molar-refractivity contribution in [2.75, 3.05) is 6.54 Å². The molecule has 2 N–H and O–H groups in total. The molecule has 2 nitrogen and oxygen atoms in total. The van der Waals surface area contributed by atoms with Crippen LogP contribution in [0.2, 0.25) is 0 Å². The minimum atomic E-state index is 0.618. The summed E-state index contributed by atoms with van der Waals surface area (Å²) in [7, 11) is 0. The van der Waals surface area contributed by atoms with E-state index in [1.807, 2.05) is 18.2 Å². The summed E-state index contributed by atoms with van der Waals surface area (Å²) in [5.41, 5.74) is 7.97. The quantitative estimate of drug-likeness (QED) is 0.916. The number of nitrogens with two attached hydrogens (primary N) is 1. The molecule has 0 spiro atoms. The average molecular weight is 312 g/mol. The maximum Gasteiger partial charge on any atom is 0.120 e. The first kappa shape index (κ1) is 12.6. The lowest BCUT2D eigenvalue weighted by Gasteiger charge is -2.08.